The lowest BCUT2D eigenvalue weighted by Gasteiger charge is -2.28. The van der Waals surface area contributed by atoms with Gasteiger partial charge in [0.15, 0.2) is 0 Å². The molecule has 5 nitrogen and oxygen atoms in total. The van der Waals surface area contributed by atoms with Crippen LogP contribution in [-0.2, 0) is 0 Å². The molecule has 2 rings (SSSR count). The summed E-state index contributed by atoms with van der Waals surface area (Å²) in [5, 5.41) is 20.6. The van der Waals surface area contributed by atoms with Crippen LogP contribution < -0.4 is 4.74 Å². The lowest BCUT2D eigenvalue weighted by molar-refractivity contribution is -0.385. The van der Waals surface area contributed by atoms with Crippen LogP contribution in [0.25, 0.3) is 0 Å². The van der Waals surface area contributed by atoms with Gasteiger partial charge < -0.3 is 9.84 Å². The van der Waals surface area contributed by atoms with Crippen LogP contribution in [-0.4, -0.2) is 22.2 Å². The molecule has 0 radical (unpaired) electrons. The molecule has 1 aromatic rings. The van der Waals surface area contributed by atoms with E-state index in [1.165, 1.54) is 6.07 Å². The highest BCUT2D eigenvalue weighted by atomic mass is 79.9. The molecule has 18 heavy (non-hydrogen) atoms. The third kappa shape index (κ3) is 2.81. The molecule has 0 aliphatic heterocycles. The minimum Gasteiger partial charge on any atom is -0.486 e. The quantitative estimate of drug-likeness (QED) is 0.687. The summed E-state index contributed by atoms with van der Waals surface area (Å²) in [6.07, 6.45) is 2.72. The molecule has 0 aromatic heterocycles. The van der Waals surface area contributed by atoms with Gasteiger partial charge in [-0.3, -0.25) is 10.1 Å². The number of nitro benzene ring substituents is 1. The van der Waals surface area contributed by atoms with E-state index in [0.29, 0.717) is 10.2 Å². The Balaban J connectivity index is 2.18. The van der Waals surface area contributed by atoms with Crippen molar-refractivity contribution < 1.29 is 14.8 Å². The number of benzene rings is 1. The molecule has 98 valence electrons. The van der Waals surface area contributed by atoms with Crippen molar-refractivity contribution in [2.75, 3.05) is 0 Å². The monoisotopic (exact) mass is 315 g/mol. The minimum absolute atomic E-state index is 0.0298. The van der Waals surface area contributed by atoms with E-state index < -0.39 is 11.0 Å². The van der Waals surface area contributed by atoms with Gasteiger partial charge in [0, 0.05) is 6.07 Å². The van der Waals surface area contributed by atoms with E-state index in [4.69, 9.17) is 4.74 Å². The SMILES string of the molecule is O=[N+]([O-])c1cccc(OC2CCCCC2O)c1Br. The molecule has 1 aliphatic rings. The van der Waals surface area contributed by atoms with Crippen molar-refractivity contribution in [3.63, 3.8) is 0 Å². The molecule has 1 saturated carbocycles. The highest BCUT2D eigenvalue weighted by Gasteiger charge is 2.26. The van der Waals surface area contributed by atoms with Gasteiger partial charge in [-0.05, 0) is 41.3 Å². The van der Waals surface area contributed by atoms with Gasteiger partial charge in [-0.25, -0.2) is 0 Å². The summed E-state index contributed by atoms with van der Waals surface area (Å²) < 4.78 is 6.01. The molecule has 6 heteroatoms. The standard InChI is InChI=1S/C12H14BrNO4/c13-12-8(14(16)17)4-3-7-11(12)18-10-6-2-1-5-9(10)15/h3-4,7,9-10,15H,1-2,5-6H2. The Hall–Kier alpha value is -1.14. The number of hydrogen-bond acceptors (Lipinski definition) is 4. The first-order valence-electron chi connectivity index (χ1n) is 5.87. The number of ether oxygens (including phenoxy) is 1. The van der Waals surface area contributed by atoms with Crippen LogP contribution in [0.1, 0.15) is 25.7 Å². The van der Waals surface area contributed by atoms with Crippen LogP contribution in [0.2, 0.25) is 0 Å². The van der Waals surface area contributed by atoms with Crippen LogP contribution in [0.3, 0.4) is 0 Å². The van der Waals surface area contributed by atoms with Crippen LogP contribution in [0.4, 0.5) is 5.69 Å². The predicted molar refractivity (Wildman–Crippen MR) is 69.7 cm³/mol. The molecule has 2 unspecified atom stereocenters. The van der Waals surface area contributed by atoms with Crippen LogP contribution in [0.15, 0.2) is 22.7 Å². The molecule has 1 aromatic carbocycles. The molecule has 0 amide bonds. The second kappa shape index (κ2) is 5.67. The summed E-state index contributed by atoms with van der Waals surface area (Å²) in [6.45, 7) is 0. The molecular weight excluding hydrogens is 302 g/mol. The van der Waals surface area contributed by atoms with Crippen molar-refractivity contribution in [1.29, 1.82) is 0 Å². The van der Waals surface area contributed by atoms with Crippen LogP contribution in [0.5, 0.6) is 5.75 Å². The maximum atomic E-state index is 10.8. The number of nitrogens with zero attached hydrogens (tertiary/aromatic N) is 1. The van der Waals surface area contributed by atoms with Crippen LogP contribution in [0, 0.1) is 10.1 Å². The van der Waals surface area contributed by atoms with E-state index in [-0.39, 0.29) is 11.8 Å². The number of halogens is 1. The summed E-state index contributed by atoms with van der Waals surface area (Å²) in [6, 6.07) is 4.65. The number of aliphatic hydroxyl groups is 1. The second-order valence-electron chi connectivity index (χ2n) is 4.35. The first-order valence-corrected chi connectivity index (χ1v) is 6.66. The largest absolute Gasteiger partial charge is 0.486 e. The fraction of sp³-hybridized carbons (Fsp3) is 0.500. The third-order valence-corrected chi connectivity index (χ3v) is 3.88. The Morgan fingerprint density at radius 3 is 2.78 bits per heavy atom. The van der Waals surface area contributed by atoms with Crippen molar-refractivity contribution in [3.05, 3.63) is 32.8 Å². The van der Waals surface area contributed by atoms with Crippen molar-refractivity contribution >= 4 is 21.6 Å². The van der Waals surface area contributed by atoms with E-state index in [1.54, 1.807) is 12.1 Å². The normalized spacial score (nSPS) is 23.7. The average molecular weight is 316 g/mol. The third-order valence-electron chi connectivity index (χ3n) is 3.09. The zero-order valence-corrected chi connectivity index (χ0v) is 11.3. The predicted octanol–water partition coefficient (Wildman–Crippen LogP) is 3.04. The molecule has 1 aliphatic carbocycles. The second-order valence-corrected chi connectivity index (χ2v) is 5.15. The summed E-state index contributed by atoms with van der Waals surface area (Å²) in [5.74, 6) is 0.412. The Labute approximate surface area is 113 Å². The van der Waals surface area contributed by atoms with Gasteiger partial charge in [0.25, 0.3) is 5.69 Å². The van der Waals surface area contributed by atoms with E-state index in [1.807, 2.05) is 0 Å². The molecule has 1 fully saturated rings. The lowest BCUT2D eigenvalue weighted by Crippen LogP contribution is -2.34. The number of nitro groups is 1. The Morgan fingerprint density at radius 1 is 1.39 bits per heavy atom. The van der Waals surface area contributed by atoms with Crippen molar-refractivity contribution in [1.82, 2.24) is 0 Å². The molecule has 1 N–H and O–H groups in total. The number of rotatable bonds is 3. The Bertz CT molecular complexity index is 452. The Kier molecular flexibility index (Phi) is 4.19. The van der Waals surface area contributed by atoms with E-state index in [9.17, 15) is 15.2 Å². The average Bonchev–Trinajstić information content (AvgIpc) is 2.34. The first kappa shape index (κ1) is 13.3. The van der Waals surface area contributed by atoms with Gasteiger partial charge >= 0.3 is 0 Å². The van der Waals surface area contributed by atoms with Gasteiger partial charge in [0.05, 0.1) is 11.0 Å². The van der Waals surface area contributed by atoms with Crippen LogP contribution >= 0.6 is 15.9 Å². The lowest BCUT2D eigenvalue weighted by atomic mass is 9.95. The topological polar surface area (TPSA) is 72.6 Å². The summed E-state index contributed by atoms with van der Waals surface area (Å²) in [7, 11) is 0. The zero-order valence-electron chi connectivity index (χ0n) is 9.71. The molecule has 0 bridgehead atoms. The van der Waals surface area contributed by atoms with Gasteiger partial charge in [0.1, 0.15) is 16.3 Å². The molecular formula is C12H14BrNO4. The van der Waals surface area contributed by atoms with Crippen molar-refractivity contribution in [2.45, 2.75) is 37.9 Å². The zero-order chi connectivity index (χ0) is 13.1. The smallest absolute Gasteiger partial charge is 0.287 e. The summed E-state index contributed by atoms with van der Waals surface area (Å²) >= 11 is 3.18. The summed E-state index contributed by atoms with van der Waals surface area (Å²) in [4.78, 5) is 10.3. The molecule has 0 saturated heterocycles. The van der Waals surface area contributed by atoms with Gasteiger partial charge in [-0.15, -0.1) is 0 Å². The van der Waals surface area contributed by atoms with E-state index in [0.717, 1.165) is 25.7 Å². The highest BCUT2D eigenvalue weighted by Crippen LogP contribution is 2.35. The molecule has 2 atom stereocenters. The number of aliphatic hydroxyl groups excluding tert-OH is 1. The highest BCUT2D eigenvalue weighted by molar-refractivity contribution is 9.10. The maximum absolute atomic E-state index is 10.8. The van der Waals surface area contributed by atoms with E-state index in [2.05, 4.69) is 15.9 Å². The number of hydrogen-bond donors (Lipinski definition) is 1. The summed E-state index contributed by atoms with van der Waals surface area (Å²) in [5.41, 5.74) is -0.0298. The van der Waals surface area contributed by atoms with Gasteiger partial charge in [0.2, 0.25) is 0 Å². The Morgan fingerprint density at radius 2 is 2.11 bits per heavy atom. The van der Waals surface area contributed by atoms with Crippen molar-refractivity contribution in [2.24, 2.45) is 0 Å². The molecule has 0 heterocycles. The van der Waals surface area contributed by atoms with E-state index >= 15 is 0 Å². The first-order chi connectivity index (χ1) is 8.59. The molecule has 0 spiro atoms. The van der Waals surface area contributed by atoms with Gasteiger partial charge in [-0.1, -0.05) is 12.5 Å². The minimum atomic E-state index is -0.495. The van der Waals surface area contributed by atoms with Gasteiger partial charge in [-0.2, -0.15) is 0 Å². The maximum Gasteiger partial charge on any atom is 0.287 e. The fourth-order valence-electron chi connectivity index (χ4n) is 2.11. The van der Waals surface area contributed by atoms with Crippen molar-refractivity contribution in [3.8, 4) is 5.75 Å². The fourth-order valence-corrected chi connectivity index (χ4v) is 2.61.